The minimum Gasteiger partial charge on any atom is -0.376 e. The van der Waals surface area contributed by atoms with Crippen LogP contribution in [0.1, 0.15) is 32.1 Å². The predicted molar refractivity (Wildman–Crippen MR) is 89.2 cm³/mol. The Kier molecular flexibility index (Phi) is 4.80. The molecule has 134 valence electrons. The molecule has 0 unspecified atom stereocenters. The summed E-state index contributed by atoms with van der Waals surface area (Å²) in [6.07, 6.45) is 3.91. The molecule has 7 nitrogen and oxygen atoms in total. The number of nitrogens with zero attached hydrogens (tertiary/aromatic N) is 1. The van der Waals surface area contributed by atoms with Gasteiger partial charge in [0.15, 0.2) is 0 Å². The van der Waals surface area contributed by atoms with Crippen molar-refractivity contribution < 1.29 is 18.8 Å². The highest BCUT2D eigenvalue weighted by Gasteiger charge is 2.52. The van der Waals surface area contributed by atoms with Gasteiger partial charge < -0.3 is 10.6 Å². The number of carbonyl (C=O) groups excluding carboxylic acids is 3. The Morgan fingerprint density at radius 3 is 2.68 bits per heavy atom. The quantitative estimate of drug-likeness (QED) is 0.710. The Balaban J connectivity index is 1.58. The van der Waals surface area contributed by atoms with Crippen molar-refractivity contribution in [3.05, 3.63) is 29.0 Å². The number of nitrogens with one attached hydrogen (secondary N) is 3. The van der Waals surface area contributed by atoms with Crippen molar-refractivity contribution in [3.8, 4) is 0 Å². The molecule has 4 amide bonds. The first-order valence-electron chi connectivity index (χ1n) is 8.06. The first-order valence-corrected chi connectivity index (χ1v) is 8.44. The largest absolute Gasteiger partial charge is 0.376 e. The number of carbonyl (C=O) groups is 3. The maximum Gasteiger partial charge on any atom is 0.344 e. The third-order valence-corrected chi connectivity index (χ3v) is 4.77. The zero-order valence-electron chi connectivity index (χ0n) is 13.4. The van der Waals surface area contributed by atoms with Crippen LogP contribution in [-0.4, -0.2) is 34.9 Å². The topological polar surface area (TPSA) is 90.5 Å². The summed E-state index contributed by atoms with van der Waals surface area (Å²) in [5.41, 5.74) is 1.87. The van der Waals surface area contributed by atoms with E-state index in [2.05, 4.69) is 16.1 Å². The van der Waals surface area contributed by atoms with E-state index < -0.39 is 29.2 Å². The van der Waals surface area contributed by atoms with Gasteiger partial charge in [0.2, 0.25) is 0 Å². The SMILES string of the molecule is O=C(CNc1ccc(F)c(Cl)c1)NN1C(=O)NC2(CCCCC2)C1=O. The average molecular weight is 369 g/mol. The third kappa shape index (κ3) is 3.53. The molecule has 3 N–H and O–H groups in total. The fraction of sp³-hybridized carbons (Fsp3) is 0.438. The monoisotopic (exact) mass is 368 g/mol. The number of hydrogen-bond acceptors (Lipinski definition) is 4. The smallest absolute Gasteiger partial charge is 0.344 e. The van der Waals surface area contributed by atoms with Crippen LogP contribution in [0.15, 0.2) is 18.2 Å². The van der Waals surface area contributed by atoms with Crippen LogP contribution in [-0.2, 0) is 9.59 Å². The molecule has 1 saturated carbocycles. The van der Waals surface area contributed by atoms with Gasteiger partial charge in [-0.15, -0.1) is 0 Å². The Bertz CT molecular complexity index is 721. The van der Waals surface area contributed by atoms with Crippen LogP contribution in [0, 0.1) is 5.82 Å². The summed E-state index contributed by atoms with van der Waals surface area (Å²) >= 11 is 5.67. The zero-order valence-corrected chi connectivity index (χ0v) is 14.2. The van der Waals surface area contributed by atoms with Gasteiger partial charge in [-0.3, -0.25) is 15.0 Å². The highest BCUT2D eigenvalue weighted by atomic mass is 35.5. The van der Waals surface area contributed by atoms with Gasteiger partial charge in [-0.25, -0.2) is 9.18 Å². The number of rotatable bonds is 4. The Morgan fingerprint density at radius 1 is 1.28 bits per heavy atom. The van der Waals surface area contributed by atoms with Crippen molar-refractivity contribution in [2.24, 2.45) is 0 Å². The van der Waals surface area contributed by atoms with Crippen molar-refractivity contribution >= 4 is 35.1 Å². The minimum absolute atomic E-state index is 0.0706. The highest BCUT2D eigenvalue weighted by molar-refractivity contribution is 6.31. The lowest BCUT2D eigenvalue weighted by Crippen LogP contribution is -2.51. The van der Waals surface area contributed by atoms with Crippen molar-refractivity contribution in [2.45, 2.75) is 37.6 Å². The molecule has 9 heteroatoms. The van der Waals surface area contributed by atoms with Crippen LogP contribution in [0.4, 0.5) is 14.9 Å². The van der Waals surface area contributed by atoms with Gasteiger partial charge in [-0.2, -0.15) is 5.01 Å². The average Bonchev–Trinajstić information content (AvgIpc) is 2.81. The molecular weight excluding hydrogens is 351 g/mol. The lowest BCUT2D eigenvalue weighted by molar-refractivity contribution is -0.139. The van der Waals surface area contributed by atoms with Gasteiger partial charge >= 0.3 is 6.03 Å². The lowest BCUT2D eigenvalue weighted by atomic mass is 9.82. The fourth-order valence-corrected chi connectivity index (χ4v) is 3.35. The number of anilines is 1. The van der Waals surface area contributed by atoms with Crippen molar-refractivity contribution in [1.29, 1.82) is 0 Å². The Morgan fingerprint density at radius 2 is 2.00 bits per heavy atom. The van der Waals surface area contributed by atoms with E-state index in [1.165, 1.54) is 18.2 Å². The van der Waals surface area contributed by atoms with Gasteiger partial charge in [0.1, 0.15) is 11.4 Å². The summed E-state index contributed by atoms with van der Waals surface area (Å²) in [6.45, 7) is -0.202. The predicted octanol–water partition coefficient (Wildman–Crippen LogP) is 2.18. The molecule has 2 fully saturated rings. The number of hydrogen-bond donors (Lipinski definition) is 3. The summed E-state index contributed by atoms with van der Waals surface area (Å²) < 4.78 is 13.1. The molecule has 1 saturated heterocycles. The number of hydrazine groups is 1. The van der Waals surface area contributed by atoms with E-state index in [1.54, 1.807) is 0 Å². The molecule has 1 spiro atoms. The number of amides is 4. The Labute approximate surface area is 148 Å². The first kappa shape index (κ1) is 17.5. The van der Waals surface area contributed by atoms with Crippen LogP contribution >= 0.6 is 11.6 Å². The Hall–Kier alpha value is -2.35. The van der Waals surface area contributed by atoms with Gasteiger partial charge in [0.25, 0.3) is 11.8 Å². The second kappa shape index (κ2) is 6.87. The maximum absolute atomic E-state index is 13.1. The van der Waals surface area contributed by atoms with Crippen molar-refractivity contribution in [1.82, 2.24) is 15.8 Å². The molecule has 0 radical (unpaired) electrons. The molecule has 0 atom stereocenters. The molecule has 25 heavy (non-hydrogen) atoms. The molecule has 1 aromatic carbocycles. The molecule has 3 rings (SSSR count). The van der Waals surface area contributed by atoms with Gasteiger partial charge in [0.05, 0.1) is 11.6 Å². The number of benzene rings is 1. The van der Waals surface area contributed by atoms with Crippen LogP contribution in [0.5, 0.6) is 0 Å². The summed E-state index contributed by atoms with van der Waals surface area (Å²) in [7, 11) is 0. The van der Waals surface area contributed by atoms with E-state index in [0.29, 0.717) is 18.5 Å². The standard InChI is InChI=1S/C16H18ClFN4O3/c17-11-8-10(4-5-12(11)18)19-9-13(23)21-22-14(24)16(20-15(22)25)6-2-1-3-7-16/h4-5,8,19H,1-3,6-7,9H2,(H,20,25)(H,21,23). The van der Waals surface area contributed by atoms with E-state index >= 15 is 0 Å². The van der Waals surface area contributed by atoms with E-state index in [-0.39, 0.29) is 11.6 Å². The summed E-state index contributed by atoms with van der Waals surface area (Å²) in [5, 5.41) is 6.13. The van der Waals surface area contributed by atoms with E-state index in [1.807, 2.05) is 0 Å². The summed E-state index contributed by atoms with van der Waals surface area (Å²) in [6, 6.07) is 3.33. The minimum atomic E-state index is -0.888. The van der Waals surface area contributed by atoms with E-state index in [4.69, 9.17) is 11.6 Å². The molecular formula is C16H18ClFN4O3. The van der Waals surface area contributed by atoms with Crippen LogP contribution in [0.2, 0.25) is 5.02 Å². The second-order valence-electron chi connectivity index (χ2n) is 6.23. The van der Waals surface area contributed by atoms with E-state index in [9.17, 15) is 18.8 Å². The molecule has 0 aromatic heterocycles. The fourth-order valence-electron chi connectivity index (χ4n) is 3.17. The van der Waals surface area contributed by atoms with Crippen LogP contribution in [0.3, 0.4) is 0 Å². The molecule has 1 aliphatic carbocycles. The highest BCUT2D eigenvalue weighted by Crippen LogP contribution is 2.32. The van der Waals surface area contributed by atoms with Crippen LogP contribution in [0.25, 0.3) is 0 Å². The van der Waals surface area contributed by atoms with Gasteiger partial charge in [0, 0.05) is 5.69 Å². The molecule has 2 aliphatic rings. The molecule has 1 aliphatic heterocycles. The maximum atomic E-state index is 13.1. The normalized spacial score (nSPS) is 19.0. The molecule has 0 bridgehead atoms. The van der Waals surface area contributed by atoms with Crippen LogP contribution < -0.4 is 16.1 Å². The van der Waals surface area contributed by atoms with Crippen molar-refractivity contribution in [2.75, 3.05) is 11.9 Å². The summed E-state index contributed by atoms with van der Waals surface area (Å²) in [4.78, 5) is 36.6. The number of imide groups is 1. The second-order valence-corrected chi connectivity index (χ2v) is 6.64. The lowest BCUT2D eigenvalue weighted by Gasteiger charge is -2.30. The third-order valence-electron chi connectivity index (χ3n) is 4.48. The van der Waals surface area contributed by atoms with Gasteiger partial charge in [-0.1, -0.05) is 30.9 Å². The van der Waals surface area contributed by atoms with Gasteiger partial charge in [-0.05, 0) is 31.0 Å². The summed E-state index contributed by atoms with van der Waals surface area (Å²) in [5.74, 6) is -1.55. The molecule has 1 heterocycles. The number of halogens is 2. The van der Waals surface area contributed by atoms with E-state index in [0.717, 1.165) is 24.3 Å². The first-order chi connectivity index (χ1) is 11.9. The number of urea groups is 1. The van der Waals surface area contributed by atoms with Crippen molar-refractivity contribution in [3.63, 3.8) is 0 Å². The zero-order chi connectivity index (χ0) is 18.0. The molecule has 1 aromatic rings.